The summed E-state index contributed by atoms with van der Waals surface area (Å²) < 4.78 is 0. The Morgan fingerprint density at radius 2 is 0.947 bits per heavy atom. The van der Waals surface area contributed by atoms with Crippen LogP contribution in [0.25, 0.3) is 155 Å². The zero-order chi connectivity index (χ0) is 50.9. The minimum absolute atomic E-state index is 0.637. The van der Waals surface area contributed by atoms with Crippen LogP contribution in [0.1, 0.15) is 23.6 Å². The lowest BCUT2D eigenvalue weighted by atomic mass is 9.85. The predicted molar refractivity (Wildman–Crippen MR) is 323 cm³/mol. The van der Waals surface area contributed by atoms with Gasteiger partial charge in [-0.15, -0.1) is 0 Å². The summed E-state index contributed by atoms with van der Waals surface area (Å²) in [6.45, 7) is 8.79. The van der Waals surface area contributed by atoms with Crippen molar-refractivity contribution in [3.05, 3.63) is 254 Å². The Balaban J connectivity index is 1.05. The van der Waals surface area contributed by atoms with Gasteiger partial charge in [0.1, 0.15) is 0 Å². The van der Waals surface area contributed by atoms with Crippen LogP contribution in [0.2, 0.25) is 0 Å². The molecule has 4 heteroatoms. The summed E-state index contributed by atoms with van der Waals surface area (Å²) in [5.41, 5.74) is 17.6. The minimum Gasteiger partial charge on any atom is -0.256 e. The van der Waals surface area contributed by atoms with Gasteiger partial charge < -0.3 is 0 Å². The van der Waals surface area contributed by atoms with Crippen LogP contribution in [-0.4, -0.2) is 19.9 Å². The normalized spacial score (nSPS) is 12.0. The topological polar surface area (TPSA) is 51.6 Å². The smallest absolute Gasteiger partial charge is 0.160 e. The first-order chi connectivity index (χ1) is 37.5. The first kappa shape index (κ1) is 44.8. The quantitative estimate of drug-likeness (QED) is 0.107. The lowest BCUT2D eigenvalue weighted by Gasteiger charge is -2.20. The van der Waals surface area contributed by atoms with Gasteiger partial charge in [-0.1, -0.05) is 213 Å². The lowest BCUT2D eigenvalue weighted by molar-refractivity contribution is 1.23. The van der Waals surface area contributed by atoms with Crippen LogP contribution >= 0.6 is 0 Å². The SMILES string of the molecule is C=Cc1c(-c2cc(-c3ccc4ccc5cccc6ccc3c4c56)cc3c(-c4ccc(-c5cccc6cccnc56)cc4)nc(-c4ccc(-c5cccc6cccnc56)cc4)nc23)ccc2ccc(/C=C\C=C\C)c(C)c12. The summed E-state index contributed by atoms with van der Waals surface area (Å²) in [5, 5.41) is 13.0. The molecule has 0 saturated heterocycles. The number of para-hydroxylation sites is 2. The van der Waals surface area contributed by atoms with E-state index in [-0.39, 0.29) is 0 Å². The zero-order valence-corrected chi connectivity index (χ0v) is 42.1. The van der Waals surface area contributed by atoms with Gasteiger partial charge in [0.15, 0.2) is 5.82 Å². The molecular weight excluding hydrogens is 921 g/mol. The highest BCUT2D eigenvalue weighted by Gasteiger charge is 2.22. The second-order valence-corrected chi connectivity index (χ2v) is 19.7. The standard InChI is InChI=1S/C72H48N4/c1-4-6-7-13-45-22-27-50-35-38-61(57(5-2)65(50)44(45)3)63-42-56(58-37-34-51-29-28-48-14-8-15-49-36-39-62(58)67(51)66(48)49)43-64-70(54-30-23-46(24-31-54)59-20-9-16-52-18-11-40-73-68(52)59)75-72(76-71(63)64)55-32-25-47(26-33-55)60-21-10-17-53-19-12-41-74-69(53)60/h4-43H,2H2,1,3H3/b6-4+,13-7-. The van der Waals surface area contributed by atoms with E-state index in [0.717, 1.165) is 111 Å². The third-order valence-corrected chi connectivity index (χ3v) is 15.4. The van der Waals surface area contributed by atoms with Crippen molar-refractivity contribution < 1.29 is 0 Å². The van der Waals surface area contributed by atoms with Crippen molar-refractivity contribution in [3.63, 3.8) is 0 Å². The highest BCUT2D eigenvalue weighted by Crippen LogP contribution is 2.46. The number of pyridine rings is 2. The number of hydrogen-bond acceptors (Lipinski definition) is 4. The fraction of sp³-hybridized carbons (Fsp3) is 0.0278. The molecule has 0 atom stereocenters. The number of benzene rings is 11. The number of allylic oxidation sites excluding steroid dienone is 3. The summed E-state index contributed by atoms with van der Waals surface area (Å²) in [6, 6.07) is 72.3. The predicted octanol–water partition coefficient (Wildman–Crippen LogP) is 19.3. The van der Waals surface area contributed by atoms with Gasteiger partial charge in [0.2, 0.25) is 0 Å². The van der Waals surface area contributed by atoms with Gasteiger partial charge in [-0.25, -0.2) is 9.97 Å². The first-order valence-electron chi connectivity index (χ1n) is 25.9. The van der Waals surface area contributed by atoms with E-state index in [2.05, 4.69) is 226 Å². The summed E-state index contributed by atoms with van der Waals surface area (Å²) in [6.07, 6.45) is 14.2. The van der Waals surface area contributed by atoms with E-state index in [1.54, 1.807) is 0 Å². The van der Waals surface area contributed by atoms with Crippen LogP contribution in [0.5, 0.6) is 0 Å². The summed E-state index contributed by atoms with van der Waals surface area (Å²) in [4.78, 5) is 20.9. The Kier molecular flexibility index (Phi) is 10.7. The molecule has 0 aliphatic heterocycles. The van der Waals surface area contributed by atoms with Crippen molar-refractivity contribution in [2.75, 3.05) is 0 Å². The number of nitrogens with zero attached hydrogens (tertiary/aromatic N) is 4. The van der Waals surface area contributed by atoms with Crippen molar-refractivity contribution in [3.8, 4) is 67.2 Å². The number of fused-ring (bicyclic) bond motifs is 4. The Labute approximate surface area is 440 Å². The summed E-state index contributed by atoms with van der Waals surface area (Å²) >= 11 is 0. The third-order valence-electron chi connectivity index (χ3n) is 15.4. The van der Waals surface area contributed by atoms with E-state index in [0.29, 0.717) is 5.82 Å². The third kappa shape index (κ3) is 7.37. The molecule has 11 aromatic carbocycles. The van der Waals surface area contributed by atoms with Crippen LogP contribution in [0.3, 0.4) is 0 Å². The highest BCUT2D eigenvalue weighted by atomic mass is 14.9. The Bertz CT molecular complexity index is 4690. The van der Waals surface area contributed by atoms with E-state index in [4.69, 9.17) is 19.9 Å². The molecule has 0 unspecified atom stereocenters. The average Bonchev–Trinajstić information content (AvgIpc) is 3.51. The molecule has 3 heterocycles. The van der Waals surface area contributed by atoms with Crippen molar-refractivity contribution in [1.29, 1.82) is 0 Å². The molecule has 0 amide bonds. The average molecular weight is 969 g/mol. The molecule has 0 aliphatic carbocycles. The number of rotatable bonds is 9. The maximum atomic E-state index is 5.68. The monoisotopic (exact) mass is 968 g/mol. The zero-order valence-electron chi connectivity index (χ0n) is 42.1. The van der Waals surface area contributed by atoms with E-state index in [9.17, 15) is 0 Å². The second kappa shape index (κ2) is 18.2. The fourth-order valence-electron chi connectivity index (χ4n) is 11.8. The Morgan fingerprint density at radius 3 is 1.62 bits per heavy atom. The molecule has 76 heavy (non-hydrogen) atoms. The Hall–Kier alpha value is -9.90. The molecule has 4 nitrogen and oxygen atoms in total. The maximum absolute atomic E-state index is 5.68. The van der Waals surface area contributed by atoms with Gasteiger partial charge in [0.25, 0.3) is 0 Å². The van der Waals surface area contributed by atoms with Crippen molar-refractivity contribution >= 4 is 88.0 Å². The molecule has 0 bridgehead atoms. The first-order valence-corrected chi connectivity index (χ1v) is 25.9. The van der Waals surface area contributed by atoms with Gasteiger partial charge in [-0.2, -0.15) is 0 Å². The molecule has 0 N–H and O–H groups in total. The van der Waals surface area contributed by atoms with E-state index in [1.807, 2.05) is 37.5 Å². The van der Waals surface area contributed by atoms with Gasteiger partial charge in [0, 0.05) is 56.4 Å². The molecule has 0 aliphatic rings. The summed E-state index contributed by atoms with van der Waals surface area (Å²) in [7, 11) is 0. The van der Waals surface area contributed by atoms with Crippen molar-refractivity contribution in [2.45, 2.75) is 13.8 Å². The molecular formula is C72H48N4. The van der Waals surface area contributed by atoms with Gasteiger partial charge in [-0.3, -0.25) is 9.97 Å². The fourth-order valence-corrected chi connectivity index (χ4v) is 11.8. The van der Waals surface area contributed by atoms with Crippen LogP contribution in [-0.2, 0) is 0 Å². The molecule has 0 saturated carbocycles. The molecule has 0 fully saturated rings. The maximum Gasteiger partial charge on any atom is 0.160 e. The summed E-state index contributed by atoms with van der Waals surface area (Å²) in [5.74, 6) is 0.637. The second-order valence-electron chi connectivity index (χ2n) is 19.7. The lowest BCUT2D eigenvalue weighted by Crippen LogP contribution is -1.99. The number of aryl methyl sites for hydroxylation is 1. The number of aromatic nitrogens is 4. The van der Waals surface area contributed by atoms with Gasteiger partial charge in [-0.05, 0) is 126 Å². The minimum atomic E-state index is 0.637. The van der Waals surface area contributed by atoms with E-state index < -0.39 is 0 Å². The van der Waals surface area contributed by atoms with E-state index in [1.165, 1.54) is 43.3 Å². The van der Waals surface area contributed by atoms with Crippen LogP contribution in [0.15, 0.2) is 237 Å². The van der Waals surface area contributed by atoms with Crippen molar-refractivity contribution in [2.24, 2.45) is 0 Å². The van der Waals surface area contributed by atoms with E-state index >= 15 is 0 Å². The molecule has 3 aromatic heterocycles. The van der Waals surface area contributed by atoms with Gasteiger partial charge >= 0.3 is 0 Å². The molecule has 356 valence electrons. The van der Waals surface area contributed by atoms with Crippen LogP contribution in [0.4, 0.5) is 0 Å². The Morgan fingerprint density at radius 1 is 0.395 bits per heavy atom. The molecule has 14 rings (SSSR count). The number of hydrogen-bond donors (Lipinski definition) is 0. The molecule has 0 spiro atoms. The van der Waals surface area contributed by atoms with Crippen LogP contribution in [0, 0.1) is 6.92 Å². The van der Waals surface area contributed by atoms with Crippen LogP contribution < -0.4 is 0 Å². The van der Waals surface area contributed by atoms with Gasteiger partial charge in [0.05, 0.1) is 22.2 Å². The largest absolute Gasteiger partial charge is 0.256 e. The highest BCUT2D eigenvalue weighted by molar-refractivity contribution is 6.26. The van der Waals surface area contributed by atoms with Crippen molar-refractivity contribution in [1.82, 2.24) is 19.9 Å². The molecule has 14 aromatic rings. The molecule has 0 radical (unpaired) electrons.